The normalized spacial score (nSPS) is 16.3. The molecule has 1 aliphatic rings. The van der Waals surface area contributed by atoms with Crippen molar-refractivity contribution in [2.45, 2.75) is 13.1 Å². The number of anilines is 1. The lowest BCUT2D eigenvalue weighted by Gasteiger charge is -2.38. The van der Waals surface area contributed by atoms with Crippen LogP contribution in [0.3, 0.4) is 0 Å². The second kappa shape index (κ2) is 7.44. The lowest BCUT2D eigenvalue weighted by atomic mass is 10.0. The van der Waals surface area contributed by atoms with E-state index in [-0.39, 0.29) is 11.7 Å². The largest absolute Gasteiger partial charge is 0.504 e. The topological polar surface area (TPSA) is 71.0 Å². The molecule has 0 fully saturated rings. The summed E-state index contributed by atoms with van der Waals surface area (Å²) < 4.78 is 10.6. The fraction of sp³-hybridized carbons (Fsp3) is 0.316. The van der Waals surface area contributed by atoms with Gasteiger partial charge < -0.3 is 24.8 Å². The monoisotopic (exact) mass is 342 g/mol. The highest BCUT2D eigenvalue weighted by atomic mass is 16.5. The number of phenolic OH excluding ortho intramolecular Hbond substituents is 1. The summed E-state index contributed by atoms with van der Waals surface area (Å²) in [4.78, 5) is 14.6. The summed E-state index contributed by atoms with van der Waals surface area (Å²) in [6.45, 7) is 3.11. The van der Waals surface area contributed by atoms with Crippen molar-refractivity contribution in [3.8, 4) is 11.5 Å². The van der Waals surface area contributed by atoms with Crippen molar-refractivity contribution in [1.29, 1.82) is 0 Å². The number of fused-ring (bicyclic) bond motifs is 1. The van der Waals surface area contributed by atoms with Gasteiger partial charge in [-0.1, -0.05) is 24.3 Å². The van der Waals surface area contributed by atoms with Crippen LogP contribution in [0.1, 0.15) is 29.0 Å². The maximum absolute atomic E-state index is 12.9. The predicted molar refractivity (Wildman–Crippen MR) is 95.0 cm³/mol. The van der Waals surface area contributed by atoms with E-state index in [1.54, 1.807) is 36.3 Å². The van der Waals surface area contributed by atoms with Gasteiger partial charge in [-0.25, -0.2) is 0 Å². The number of carbonyl (C=O) groups is 1. The molecule has 132 valence electrons. The van der Waals surface area contributed by atoms with E-state index >= 15 is 0 Å². The summed E-state index contributed by atoms with van der Waals surface area (Å²) in [7, 11) is 1.60. The molecule has 25 heavy (non-hydrogen) atoms. The van der Waals surface area contributed by atoms with Crippen molar-refractivity contribution in [3.05, 3.63) is 53.6 Å². The number of ether oxygens (including phenoxy) is 2. The molecule has 2 N–H and O–H groups in total. The summed E-state index contributed by atoms with van der Waals surface area (Å²) >= 11 is 0. The predicted octanol–water partition coefficient (Wildman–Crippen LogP) is 3.00. The van der Waals surface area contributed by atoms with Crippen LogP contribution < -0.4 is 10.1 Å². The Kier molecular flexibility index (Phi) is 5.09. The second-order valence-corrected chi connectivity index (χ2v) is 5.71. The minimum atomic E-state index is -0.502. The van der Waals surface area contributed by atoms with E-state index in [4.69, 9.17) is 9.47 Å². The van der Waals surface area contributed by atoms with E-state index < -0.39 is 6.17 Å². The first-order chi connectivity index (χ1) is 12.2. The van der Waals surface area contributed by atoms with Crippen molar-refractivity contribution in [2.75, 3.05) is 32.2 Å². The fourth-order valence-corrected chi connectivity index (χ4v) is 2.99. The van der Waals surface area contributed by atoms with Crippen LogP contribution in [-0.2, 0) is 4.74 Å². The molecule has 2 aromatic rings. The number of hydrogen-bond donors (Lipinski definition) is 2. The van der Waals surface area contributed by atoms with Gasteiger partial charge in [0.15, 0.2) is 11.5 Å². The Morgan fingerprint density at radius 3 is 2.76 bits per heavy atom. The van der Waals surface area contributed by atoms with Gasteiger partial charge >= 0.3 is 0 Å². The molecule has 0 aliphatic carbocycles. The summed E-state index contributed by atoms with van der Waals surface area (Å²) in [5.74, 6) is 0.342. The molecule has 1 atom stereocenters. The first-order valence-corrected chi connectivity index (χ1v) is 8.27. The third kappa shape index (κ3) is 3.25. The zero-order chi connectivity index (χ0) is 17.8. The maximum atomic E-state index is 12.9. The van der Waals surface area contributed by atoms with Gasteiger partial charge in [-0.15, -0.1) is 0 Å². The zero-order valence-electron chi connectivity index (χ0n) is 14.4. The summed E-state index contributed by atoms with van der Waals surface area (Å²) in [6, 6.07) is 12.7. The molecule has 0 saturated heterocycles. The van der Waals surface area contributed by atoms with Crippen LogP contribution in [0.4, 0.5) is 5.69 Å². The molecule has 0 bridgehead atoms. The van der Waals surface area contributed by atoms with Gasteiger partial charge in [0.25, 0.3) is 5.91 Å². The second-order valence-electron chi connectivity index (χ2n) is 5.71. The van der Waals surface area contributed by atoms with Crippen molar-refractivity contribution in [3.63, 3.8) is 0 Å². The van der Waals surface area contributed by atoms with E-state index in [0.29, 0.717) is 36.6 Å². The molecule has 6 nitrogen and oxygen atoms in total. The Morgan fingerprint density at radius 1 is 1.20 bits per heavy atom. The molecule has 1 unspecified atom stereocenters. The molecular weight excluding hydrogens is 320 g/mol. The number of aromatic hydroxyl groups is 1. The van der Waals surface area contributed by atoms with Gasteiger partial charge in [0.05, 0.1) is 18.8 Å². The van der Waals surface area contributed by atoms with Gasteiger partial charge in [-0.2, -0.15) is 0 Å². The minimum absolute atomic E-state index is 0.0384. The molecule has 1 heterocycles. The van der Waals surface area contributed by atoms with E-state index in [1.165, 1.54) is 0 Å². The van der Waals surface area contributed by atoms with Crippen LogP contribution in [-0.4, -0.2) is 42.8 Å². The Bertz CT molecular complexity index is 763. The molecule has 0 radical (unpaired) electrons. The number of rotatable bonds is 6. The van der Waals surface area contributed by atoms with Crippen LogP contribution in [0.15, 0.2) is 42.5 Å². The first-order valence-electron chi connectivity index (χ1n) is 8.27. The van der Waals surface area contributed by atoms with Gasteiger partial charge in [-0.3, -0.25) is 4.79 Å². The van der Waals surface area contributed by atoms with Crippen LogP contribution in [0.2, 0.25) is 0 Å². The highest BCUT2D eigenvalue weighted by Gasteiger charge is 2.34. The quantitative estimate of drug-likeness (QED) is 0.844. The lowest BCUT2D eigenvalue weighted by Crippen LogP contribution is -2.44. The van der Waals surface area contributed by atoms with Crippen molar-refractivity contribution >= 4 is 11.6 Å². The van der Waals surface area contributed by atoms with E-state index in [1.807, 2.05) is 25.1 Å². The molecule has 1 amide bonds. The highest BCUT2D eigenvalue weighted by Crippen LogP contribution is 2.40. The molecule has 6 heteroatoms. The molecule has 0 aromatic heterocycles. The summed E-state index contributed by atoms with van der Waals surface area (Å²) in [5.41, 5.74) is 1.94. The average molecular weight is 342 g/mol. The third-order valence-electron chi connectivity index (χ3n) is 4.18. The van der Waals surface area contributed by atoms with Crippen molar-refractivity contribution in [1.82, 2.24) is 4.90 Å². The van der Waals surface area contributed by atoms with E-state index in [9.17, 15) is 9.90 Å². The molecule has 0 saturated carbocycles. The van der Waals surface area contributed by atoms with Crippen molar-refractivity contribution < 1.29 is 19.4 Å². The van der Waals surface area contributed by atoms with Gasteiger partial charge in [0.1, 0.15) is 6.17 Å². The number of amides is 1. The zero-order valence-corrected chi connectivity index (χ0v) is 14.4. The third-order valence-corrected chi connectivity index (χ3v) is 4.18. The fourth-order valence-electron chi connectivity index (χ4n) is 2.99. The van der Waals surface area contributed by atoms with Gasteiger partial charge in [-0.05, 0) is 25.1 Å². The standard InChI is InChI=1S/C19H22N2O4/c1-3-25-16-10-6-8-14(17(16)22)18-20-15-9-5-4-7-13(15)19(23)21(18)11-12-24-2/h4-10,18,20,22H,3,11-12H2,1-2H3. The number of nitrogens with zero attached hydrogens (tertiary/aromatic N) is 1. The Balaban J connectivity index is 2.03. The smallest absolute Gasteiger partial charge is 0.257 e. The van der Waals surface area contributed by atoms with Gasteiger partial charge in [0.2, 0.25) is 0 Å². The molecule has 3 rings (SSSR count). The van der Waals surface area contributed by atoms with E-state index in [2.05, 4.69) is 5.32 Å². The maximum Gasteiger partial charge on any atom is 0.257 e. The van der Waals surface area contributed by atoms with Crippen LogP contribution in [0, 0.1) is 0 Å². The number of methoxy groups -OCH3 is 1. The Labute approximate surface area is 147 Å². The molecular formula is C19H22N2O4. The van der Waals surface area contributed by atoms with Crippen LogP contribution in [0.25, 0.3) is 0 Å². The highest BCUT2D eigenvalue weighted by molar-refractivity contribution is 6.01. The number of nitrogens with one attached hydrogen (secondary N) is 1. The van der Waals surface area contributed by atoms with Crippen LogP contribution in [0.5, 0.6) is 11.5 Å². The van der Waals surface area contributed by atoms with Gasteiger partial charge in [0, 0.05) is 24.9 Å². The Hall–Kier alpha value is -2.73. The lowest BCUT2D eigenvalue weighted by molar-refractivity contribution is 0.0607. The first kappa shape index (κ1) is 17.1. The number of para-hydroxylation sites is 2. The van der Waals surface area contributed by atoms with Crippen LogP contribution >= 0.6 is 0 Å². The number of hydrogen-bond acceptors (Lipinski definition) is 5. The average Bonchev–Trinajstić information content (AvgIpc) is 2.63. The number of phenols is 1. The van der Waals surface area contributed by atoms with E-state index in [0.717, 1.165) is 5.69 Å². The number of carbonyl (C=O) groups excluding carboxylic acids is 1. The Morgan fingerprint density at radius 2 is 2.00 bits per heavy atom. The molecule has 0 spiro atoms. The molecule has 1 aliphatic heterocycles. The SMILES string of the molecule is CCOc1cccc(C2Nc3ccccc3C(=O)N2CCOC)c1O. The molecule has 2 aromatic carbocycles. The number of benzene rings is 2. The summed E-state index contributed by atoms with van der Waals surface area (Å²) in [6.07, 6.45) is -0.502. The summed E-state index contributed by atoms with van der Waals surface area (Å²) in [5, 5.41) is 14.0. The minimum Gasteiger partial charge on any atom is -0.504 e. The van der Waals surface area contributed by atoms with Crippen molar-refractivity contribution in [2.24, 2.45) is 0 Å².